The van der Waals surface area contributed by atoms with Crippen molar-refractivity contribution in [2.75, 3.05) is 19.6 Å². The van der Waals surface area contributed by atoms with Crippen LogP contribution < -0.4 is 20.7 Å². The number of nitrogens with zero attached hydrogens (tertiary/aromatic N) is 2. The molecule has 60 heavy (non-hydrogen) atoms. The van der Waals surface area contributed by atoms with Crippen molar-refractivity contribution in [3.05, 3.63) is 48.7 Å². The van der Waals surface area contributed by atoms with Crippen LogP contribution in [0.4, 0.5) is 0 Å². The number of fused-ring (bicyclic) bond motifs is 2. The molecule has 14 nitrogen and oxygen atoms in total. The van der Waals surface area contributed by atoms with Gasteiger partial charge in [0.1, 0.15) is 29.2 Å². The first-order chi connectivity index (χ1) is 28.3. The Balaban J connectivity index is 1.06. The minimum Gasteiger partial charge on any atom is -0.464 e. The van der Waals surface area contributed by atoms with Crippen molar-refractivity contribution in [2.24, 2.45) is 33.5 Å². The molecule has 6 atom stereocenters. The number of likely N-dealkylation sites (tertiary alicyclic amines) is 1. The predicted molar refractivity (Wildman–Crippen MR) is 225 cm³/mol. The van der Waals surface area contributed by atoms with Gasteiger partial charge in [-0.1, -0.05) is 66.4 Å². The Kier molecular flexibility index (Phi) is 10.6. The smallest absolute Gasteiger partial charge is 0.303 e. The molecule has 4 N–H and O–H groups in total. The molecular formula is C45H62N6O8S. The predicted octanol–water partition coefficient (Wildman–Crippen LogP) is 4.96. The van der Waals surface area contributed by atoms with Gasteiger partial charge in [0.15, 0.2) is 0 Å². The van der Waals surface area contributed by atoms with E-state index in [-0.39, 0.29) is 28.6 Å². The minimum absolute atomic E-state index is 0.0357. The maximum Gasteiger partial charge on any atom is 0.303 e. The lowest BCUT2D eigenvalue weighted by molar-refractivity contribution is -0.145. The fraction of sp³-hybridized carbons (Fsp3) is 0.667. The van der Waals surface area contributed by atoms with Gasteiger partial charge in [-0.2, -0.15) is 12.7 Å². The van der Waals surface area contributed by atoms with Gasteiger partial charge in [0, 0.05) is 41.9 Å². The van der Waals surface area contributed by atoms with Gasteiger partial charge < -0.3 is 25.3 Å². The van der Waals surface area contributed by atoms with Crippen LogP contribution in [-0.4, -0.2) is 90.5 Å². The van der Waals surface area contributed by atoms with Crippen molar-refractivity contribution in [3.8, 4) is 0 Å². The van der Waals surface area contributed by atoms with Crippen LogP contribution in [0.5, 0.6) is 0 Å². The summed E-state index contributed by atoms with van der Waals surface area (Å²) in [5, 5.41) is 9.85. The zero-order valence-electron chi connectivity index (χ0n) is 35.7. The van der Waals surface area contributed by atoms with Crippen LogP contribution in [0.25, 0.3) is 11.0 Å². The van der Waals surface area contributed by atoms with Gasteiger partial charge in [-0.15, -0.1) is 6.58 Å². The molecule has 2 spiro atoms. The lowest BCUT2D eigenvalue weighted by Crippen LogP contribution is -2.62. The summed E-state index contributed by atoms with van der Waals surface area (Å²) >= 11 is 0. The van der Waals surface area contributed by atoms with Gasteiger partial charge in [-0.05, 0) is 97.8 Å². The molecule has 5 amide bonds. The average Bonchev–Trinajstić information content (AvgIpc) is 3.60. The van der Waals surface area contributed by atoms with Crippen LogP contribution in [0.2, 0.25) is 0 Å². The molecule has 8 rings (SSSR count). The van der Waals surface area contributed by atoms with Crippen LogP contribution in [0.1, 0.15) is 122 Å². The highest BCUT2D eigenvalue weighted by atomic mass is 32.2. The molecular weight excluding hydrogens is 785 g/mol. The summed E-state index contributed by atoms with van der Waals surface area (Å²) < 4.78 is 35.3. The molecule has 4 aliphatic carbocycles. The SMILES string of the molecule is C=C[C@@H]1C[C@]1(NC(=O)[C@@H]1C[C@@]2(CN1C(=O)[C@@H](NC(=O)C(NC(=O)c1ccc3occc3c1)C1CCCCC1)C(C)(C)C)C(C)(C)C21CCC1)C(=O)NS(=O)(=O)N1CCCC1. The number of furan rings is 1. The van der Waals surface area contributed by atoms with Crippen molar-refractivity contribution in [2.45, 2.75) is 135 Å². The normalized spacial score (nSPS) is 29.4. The summed E-state index contributed by atoms with van der Waals surface area (Å²) in [6, 6.07) is 3.96. The van der Waals surface area contributed by atoms with E-state index in [4.69, 9.17) is 4.42 Å². The van der Waals surface area contributed by atoms with Crippen LogP contribution in [0.15, 0.2) is 47.6 Å². The van der Waals surface area contributed by atoms with Gasteiger partial charge in [-0.25, -0.2) is 4.72 Å². The third kappa shape index (κ3) is 6.85. The maximum absolute atomic E-state index is 15.3. The number of hydrogen-bond acceptors (Lipinski definition) is 8. The molecule has 15 heteroatoms. The lowest BCUT2D eigenvalue weighted by Gasteiger charge is -2.38. The Morgan fingerprint density at radius 1 is 0.917 bits per heavy atom. The molecule has 6 fully saturated rings. The zero-order valence-corrected chi connectivity index (χ0v) is 36.5. The summed E-state index contributed by atoms with van der Waals surface area (Å²) in [6.45, 7) is 14.8. The summed E-state index contributed by atoms with van der Waals surface area (Å²) in [4.78, 5) is 73.9. The number of benzene rings is 1. The number of amides is 5. The van der Waals surface area contributed by atoms with E-state index in [0.717, 1.165) is 56.8 Å². The highest BCUT2D eigenvalue weighted by Crippen LogP contribution is 2.88. The first kappa shape index (κ1) is 42.5. The molecule has 2 aliphatic heterocycles. The molecule has 0 bridgehead atoms. The second kappa shape index (κ2) is 15.0. The Labute approximate surface area is 353 Å². The quantitative estimate of drug-likeness (QED) is 0.216. The first-order valence-corrected chi connectivity index (χ1v) is 23.4. The van der Waals surface area contributed by atoms with Crippen LogP contribution in [-0.2, 0) is 29.4 Å². The highest BCUT2D eigenvalue weighted by molar-refractivity contribution is 7.87. The monoisotopic (exact) mass is 846 g/mol. The van der Waals surface area contributed by atoms with Crippen molar-refractivity contribution in [3.63, 3.8) is 0 Å². The third-order valence-corrected chi connectivity index (χ3v) is 17.4. The van der Waals surface area contributed by atoms with Gasteiger partial charge in [-0.3, -0.25) is 24.0 Å². The lowest BCUT2D eigenvalue weighted by atomic mass is 9.73. The fourth-order valence-electron chi connectivity index (χ4n) is 11.8. The van der Waals surface area contributed by atoms with Gasteiger partial charge in [0.25, 0.3) is 11.8 Å². The van der Waals surface area contributed by atoms with Crippen molar-refractivity contribution < 1.29 is 36.8 Å². The molecule has 2 saturated heterocycles. The number of nitrogens with one attached hydrogen (secondary N) is 4. The Hall–Kier alpha value is -4.24. The van der Waals surface area contributed by atoms with E-state index < -0.39 is 74.7 Å². The molecule has 0 radical (unpaired) electrons. The van der Waals surface area contributed by atoms with Crippen molar-refractivity contribution in [1.29, 1.82) is 0 Å². The van der Waals surface area contributed by atoms with E-state index in [2.05, 4.69) is 41.1 Å². The maximum atomic E-state index is 15.3. The summed E-state index contributed by atoms with van der Waals surface area (Å²) in [5.74, 6) is -3.24. The van der Waals surface area contributed by atoms with Crippen LogP contribution in [0, 0.1) is 33.5 Å². The molecule has 1 aromatic carbocycles. The summed E-state index contributed by atoms with van der Waals surface area (Å²) in [5.41, 5.74) is -1.85. The minimum atomic E-state index is -4.12. The molecule has 1 aromatic heterocycles. The van der Waals surface area contributed by atoms with E-state index in [1.54, 1.807) is 41.5 Å². The molecule has 326 valence electrons. The second-order valence-electron chi connectivity index (χ2n) is 20.2. The van der Waals surface area contributed by atoms with Gasteiger partial charge >= 0.3 is 10.2 Å². The van der Waals surface area contributed by atoms with Crippen LogP contribution >= 0.6 is 0 Å². The van der Waals surface area contributed by atoms with E-state index in [9.17, 15) is 27.6 Å². The van der Waals surface area contributed by atoms with E-state index in [0.29, 0.717) is 50.0 Å². The van der Waals surface area contributed by atoms with E-state index >= 15 is 4.79 Å². The number of hydrogen-bond donors (Lipinski definition) is 4. The Morgan fingerprint density at radius 2 is 1.62 bits per heavy atom. The molecule has 3 heterocycles. The van der Waals surface area contributed by atoms with E-state index in [1.165, 1.54) is 4.31 Å². The largest absolute Gasteiger partial charge is 0.464 e. The molecule has 2 aromatic rings. The molecule has 4 saturated carbocycles. The fourth-order valence-corrected chi connectivity index (χ4v) is 13.1. The van der Waals surface area contributed by atoms with Gasteiger partial charge in [0.2, 0.25) is 17.7 Å². The van der Waals surface area contributed by atoms with Crippen LogP contribution in [0.3, 0.4) is 0 Å². The number of carbonyl (C=O) groups excluding carboxylic acids is 5. The topological polar surface area (TPSA) is 187 Å². The van der Waals surface area contributed by atoms with E-state index in [1.807, 2.05) is 20.8 Å². The standard InChI is InChI=1S/C45H62N6O8S/c1-7-31-25-45(31,40(56)49-60(57,58)50-21-11-12-22-50)48-37(53)32-26-44(42(5,6)43(44)19-13-20-43)27-51(32)39(55)35(41(2,3)4)47-38(54)34(28-14-9-8-10-15-28)46-36(52)30-16-17-33-29(24-30)18-23-59-33/h7,16-18,23-24,28,31-32,34-35H,1,8-15,19-22,25-27H2,2-6H3,(H,46,52)(H,47,54)(H,48,53)(H,49,56)/t31-,32+,34?,35-,44-,45-/m1/s1. The highest BCUT2D eigenvalue weighted by Gasteiger charge is 2.85. The Bertz CT molecular complexity index is 2200. The van der Waals surface area contributed by atoms with Crippen molar-refractivity contribution >= 4 is 50.7 Å². The molecule has 6 aliphatic rings. The zero-order chi connectivity index (χ0) is 43.0. The number of carbonyl (C=O) groups is 5. The van der Waals surface area contributed by atoms with Gasteiger partial charge in [0.05, 0.1) is 6.26 Å². The molecule has 1 unspecified atom stereocenters. The summed E-state index contributed by atoms with van der Waals surface area (Å²) in [6.07, 6.45) is 12.5. The summed E-state index contributed by atoms with van der Waals surface area (Å²) in [7, 11) is -4.12. The van der Waals surface area contributed by atoms with Crippen molar-refractivity contribution in [1.82, 2.24) is 29.9 Å². The Morgan fingerprint density at radius 3 is 2.22 bits per heavy atom. The second-order valence-corrected chi connectivity index (χ2v) is 21.9. The average molecular weight is 847 g/mol. The number of rotatable bonds is 12. The first-order valence-electron chi connectivity index (χ1n) is 22.0. The third-order valence-electron chi connectivity index (χ3n) is 15.9.